The van der Waals surface area contributed by atoms with Crippen LogP contribution in [-0.4, -0.2) is 22.1 Å². The van der Waals surface area contributed by atoms with Gasteiger partial charge in [-0.3, -0.25) is 4.79 Å². The summed E-state index contributed by atoms with van der Waals surface area (Å²) >= 11 is 0. The van der Waals surface area contributed by atoms with Crippen molar-refractivity contribution in [2.75, 3.05) is 6.61 Å². The highest BCUT2D eigenvalue weighted by Crippen LogP contribution is 2.12. The van der Waals surface area contributed by atoms with E-state index in [9.17, 15) is 4.79 Å². The van der Waals surface area contributed by atoms with Gasteiger partial charge in [-0.25, -0.2) is 4.98 Å². The minimum Gasteiger partial charge on any atom is -0.493 e. The highest BCUT2D eigenvalue weighted by molar-refractivity contribution is 5.76. The predicted octanol–water partition coefficient (Wildman–Crippen LogP) is 3.27. The molecule has 2 aromatic carbocycles. The minimum atomic E-state index is -0.0227. The van der Waals surface area contributed by atoms with Gasteiger partial charge in [0.2, 0.25) is 5.91 Å². The first kappa shape index (κ1) is 16.8. The van der Waals surface area contributed by atoms with E-state index in [1.807, 2.05) is 72.3 Å². The smallest absolute Gasteiger partial charge is 0.223 e. The van der Waals surface area contributed by atoms with Crippen LogP contribution in [0.15, 0.2) is 67.0 Å². The quantitative estimate of drug-likeness (QED) is 0.721. The maximum atomic E-state index is 11.9. The highest BCUT2D eigenvalue weighted by Gasteiger charge is 2.04. The number of ether oxygens (including phenoxy) is 1. The molecule has 1 amide bonds. The van der Waals surface area contributed by atoms with E-state index in [4.69, 9.17) is 4.74 Å². The van der Waals surface area contributed by atoms with E-state index >= 15 is 0 Å². The molecule has 0 fully saturated rings. The van der Waals surface area contributed by atoms with Gasteiger partial charge in [-0.15, -0.1) is 0 Å². The van der Waals surface area contributed by atoms with Crippen LogP contribution in [0.25, 0.3) is 5.69 Å². The number of carbonyl (C=O) groups is 1. The second-order valence-corrected chi connectivity index (χ2v) is 5.70. The zero-order valence-corrected chi connectivity index (χ0v) is 14.2. The number of amides is 1. The Morgan fingerprint density at radius 1 is 1.12 bits per heavy atom. The van der Waals surface area contributed by atoms with Crippen LogP contribution >= 0.6 is 0 Å². The van der Waals surface area contributed by atoms with Crippen molar-refractivity contribution in [2.24, 2.45) is 0 Å². The number of imidazole rings is 1. The molecule has 0 bridgehead atoms. The van der Waals surface area contributed by atoms with E-state index in [1.165, 1.54) is 0 Å². The molecule has 1 aromatic heterocycles. The van der Waals surface area contributed by atoms with Crippen LogP contribution in [-0.2, 0) is 11.3 Å². The first-order chi connectivity index (χ1) is 12.2. The molecule has 0 spiro atoms. The van der Waals surface area contributed by atoms with Gasteiger partial charge >= 0.3 is 0 Å². The van der Waals surface area contributed by atoms with Crippen LogP contribution in [0.2, 0.25) is 0 Å². The van der Waals surface area contributed by atoms with Crippen LogP contribution in [0.5, 0.6) is 5.75 Å². The molecule has 3 rings (SSSR count). The molecule has 5 nitrogen and oxygen atoms in total. The summed E-state index contributed by atoms with van der Waals surface area (Å²) in [4.78, 5) is 16.1. The normalized spacial score (nSPS) is 10.4. The summed E-state index contributed by atoms with van der Waals surface area (Å²) in [5.74, 6) is 1.70. The number of benzene rings is 2. The molecular weight excluding hydrogens is 314 g/mol. The standard InChI is InChI=1S/C20H21N3O2/c1-16-21-12-13-23(16)18-9-7-17(8-10-18)15-22-20(24)11-14-25-19-5-3-2-4-6-19/h2-10,12-13H,11,14-15H2,1H3,(H,22,24). The van der Waals surface area contributed by atoms with Crippen LogP contribution < -0.4 is 10.1 Å². The molecule has 128 valence electrons. The third-order valence-electron chi connectivity index (χ3n) is 3.87. The fourth-order valence-corrected chi connectivity index (χ4v) is 2.49. The lowest BCUT2D eigenvalue weighted by atomic mass is 10.2. The lowest BCUT2D eigenvalue weighted by molar-refractivity contribution is -0.121. The lowest BCUT2D eigenvalue weighted by Crippen LogP contribution is -2.24. The fourth-order valence-electron chi connectivity index (χ4n) is 2.49. The third kappa shape index (κ3) is 4.70. The number of nitrogens with zero attached hydrogens (tertiary/aromatic N) is 2. The average Bonchev–Trinajstić information content (AvgIpc) is 3.07. The summed E-state index contributed by atoms with van der Waals surface area (Å²) < 4.78 is 7.54. The second-order valence-electron chi connectivity index (χ2n) is 5.70. The molecule has 0 saturated heterocycles. The number of aromatic nitrogens is 2. The van der Waals surface area contributed by atoms with Gasteiger partial charge < -0.3 is 14.6 Å². The SMILES string of the molecule is Cc1nccn1-c1ccc(CNC(=O)CCOc2ccccc2)cc1. The van der Waals surface area contributed by atoms with Crippen LogP contribution in [0.4, 0.5) is 0 Å². The van der Waals surface area contributed by atoms with E-state index in [0.717, 1.165) is 22.8 Å². The van der Waals surface area contributed by atoms with Crippen molar-refractivity contribution in [1.82, 2.24) is 14.9 Å². The van der Waals surface area contributed by atoms with Gasteiger partial charge in [0.1, 0.15) is 11.6 Å². The molecule has 5 heteroatoms. The highest BCUT2D eigenvalue weighted by atomic mass is 16.5. The van der Waals surface area contributed by atoms with Crippen LogP contribution in [0.1, 0.15) is 17.8 Å². The molecular formula is C20H21N3O2. The van der Waals surface area contributed by atoms with Gasteiger partial charge in [-0.1, -0.05) is 30.3 Å². The Labute approximate surface area is 147 Å². The Bertz CT molecular complexity index is 810. The van der Waals surface area contributed by atoms with Gasteiger partial charge in [-0.05, 0) is 36.8 Å². The third-order valence-corrected chi connectivity index (χ3v) is 3.87. The van der Waals surface area contributed by atoms with E-state index in [0.29, 0.717) is 19.6 Å². The van der Waals surface area contributed by atoms with Crippen molar-refractivity contribution in [3.05, 3.63) is 78.4 Å². The summed E-state index contributed by atoms with van der Waals surface area (Å²) in [7, 11) is 0. The average molecular weight is 335 g/mol. The Kier molecular flexibility index (Phi) is 5.46. The Morgan fingerprint density at radius 2 is 1.88 bits per heavy atom. The first-order valence-corrected chi connectivity index (χ1v) is 8.26. The van der Waals surface area contributed by atoms with E-state index in [1.54, 1.807) is 6.20 Å². The monoisotopic (exact) mass is 335 g/mol. The number of aryl methyl sites for hydroxylation is 1. The van der Waals surface area contributed by atoms with Gasteiger partial charge in [-0.2, -0.15) is 0 Å². The Balaban J connectivity index is 1.43. The summed E-state index contributed by atoms with van der Waals surface area (Å²) in [5.41, 5.74) is 2.11. The van der Waals surface area contributed by atoms with E-state index < -0.39 is 0 Å². The van der Waals surface area contributed by atoms with Crippen LogP contribution in [0, 0.1) is 6.92 Å². The predicted molar refractivity (Wildman–Crippen MR) is 96.7 cm³/mol. The van der Waals surface area contributed by atoms with Crippen molar-refractivity contribution >= 4 is 5.91 Å². The first-order valence-electron chi connectivity index (χ1n) is 8.26. The Hall–Kier alpha value is -3.08. The molecule has 0 atom stereocenters. The maximum Gasteiger partial charge on any atom is 0.223 e. The molecule has 1 N–H and O–H groups in total. The van der Waals surface area contributed by atoms with Crippen molar-refractivity contribution in [3.63, 3.8) is 0 Å². The molecule has 0 aliphatic carbocycles. The van der Waals surface area contributed by atoms with Gasteiger partial charge in [0, 0.05) is 24.6 Å². The van der Waals surface area contributed by atoms with E-state index in [2.05, 4.69) is 10.3 Å². The summed E-state index contributed by atoms with van der Waals surface area (Å²) in [6.07, 6.45) is 4.04. The summed E-state index contributed by atoms with van der Waals surface area (Å²) in [5, 5.41) is 2.91. The van der Waals surface area contributed by atoms with Crippen molar-refractivity contribution in [1.29, 1.82) is 0 Å². The zero-order chi connectivity index (χ0) is 17.5. The molecule has 3 aromatic rings. The lowest BCUT2D eigenvalue weighted by Gasteiger charge is -2.09. The molecule has 0 aliphatic heterocycles. The van der Waals surface area contributed by atoms with Crippen molar-refractivity contribution < 1.29 is 9.53 Å². The number of para-hydroxylation sites is 1. The summed E-state index contributed by atoms with van der Waals surface area (Å²) in [6, 6.07) is 17.6. The molecule has 0 aliphatic rings. The van der Waals surface area contributed by atoms with Crippen molar-refractivity contribution in [3.8, 4) is 11.4 Å². The number of nitrogens with one attached hydrogen (secondary N) is 1. The Morgan fingerprint density at radius 3 is 2.56 bits per heavy atom. The van der Waals surface area contributed by atoms with Crippen LogP contribution in [0.3, 0.4) is 0 Å². The molecule has 0 unspecified atom stereocenters. The summed E-state index contributed by atoms with van der Waals surface area (Å²) in [6.45, 7) is 2.84. The van der Waals surface area contributed by atoms with Gasteiger partial charge in [0.15, 0.2) is 0 Å². The second kappa shape index (κ2) is 8.15. The fraction of sp³-hybridized carbons (Fsp3) is 0.200. The van der Waals surface area contributed by atoms with Gasteiger partial charge in [0.05, 0.1) is 13.0 Å². The zero-order valence-electron chi connectivity index (χ0n) is 14.2. The minimum absolute atomic E-state index is 0.0227. The van der Waals surface area contributed by atoms with E-state index in [-0.39, 0.29) is 5.91 Å². The molecule has 0 saturated carbocycles. The van der Waals surface area contributed by atoms with Gasteiger partial charge in [0.25, 0.3) is 0 Å². The number of hydrogen-bond donors (Lipinski definition) is 1. The number of carbonyl (C=O) groups excluding carboxylic acids is 1. The number of hydrogen-bond acceptors (Lipinski definition) is 3. The topological polar surface area (TPSA) is 56.2 Å². The molecule has 1 heterocycles. The molecule has 25 heavy (non-hydrogen) atoms. The van der Waals surface area contributed by atoms with Crippen molar-refractivity contribution in [2.45, 2.75) is 19.9 Å². The largest absolute Gasteiger partial charge is 0.493 e. The molecule has 0 radical (unpaired) electrons. The maximum absolute atomic E-state index is 11.9. The number of rotatable bonds is 7.